The van der Waals surface area contributed by atoms with Gasteiger partial charge in [0.15, 0.2) is 0 Å². The molecule has 1 aliphatic heterocycles. The van der Waals surface area contributed by atoms with Crippen LogP contribution in [-0.4, -0.2) is 27.9 Å². The Labute approximate surface area is 104 Å². The second kappa shape index (κ2) is 3.87. The van der Waals surface area contributed by atoms with Gasteiger partial charge in [-0.15, -0.1) is 0 Å². The second-order valence-electron chi connectivity index (χ2n) is 4.41. The molecular weight excluding hydrogens is 230 g/mol. The van der Waals surface area contributed by atoms with Gasteiger partial charge in [0.25, 0.3) is 0 Å². The normalized spacial score (nSPS) is 17.8. The fourth-order valence-corrected chi connectivity index (χ4v) is 2.47. The third kappa shape index (κ3) is 1.48. The van der Waals surface area contributed by atoms with Crippen molar-refractivity contribution >= 4 is 11.8 Å². The van der Waals surface area contributed by atoms with Gasteiger partial charge in [0.1, 0.15) is 11.4 Å². The first kappa shape index (κ1) is 10.8. The van der Waals surface area contributed by atoms with Crippen molar-refractivity contribution in [3.63, 3.8) is 0 Å². The maximum atomic E-state index is 11.1. The van der Waals surface area contributed by atoms with Crippen LogP contribution in [0.4, 0.5) is 5.82 Å². The highest BCUT2D eigenvalue weighted by Crippen LogP contribution is 2.36. The van der Waals surface area contributed by atoms with E-state index in [1.165, 1.54) is 11.8 Å². The molecule has 0 spiro atoms. The number of likely N-dealkylation sites (N-methyl/N-ethyl adjacent to an activating group) is 1. The fourth-order valence-electron chi connectivity index (χ4n) is 2.47. The van der Waals surface area contributed by atoms with Crippen molar-refractivity contribution in [1.29, 1.82) is 0 Å². The fraction of sp³-hybridized carbons (Fsp3) is 0.231. The summed E-state index contributed by atoms with van der Waals surface area (Å²) in [7, 11) is 1.91. The molecule has 1 aromatic heterocycles. The lowest BCUT2D eigenvalue weighted by Crippen LogP contribution is -2.21. The Morgan fingerprint density at radius 2 is 2.11 bits per heavy atom. The number of fused-ring (bicyclic) bond motifs is 1. The van der Waals surface area contributed by atoms with E-state index in [1.807, 2.05) is 42.3 Å². The zero-order valence-corrected chi connectivity index (χ0v) is 9.95. The van der Waals surface area contributed by atoms with Crippen LogP contribution < -0.4 is 4.90 Å². The third-order valence-corrected chi connectivity index (χ3v) is 3.37. The van der Waals surface area contributed by atoms with Crippen LogP contribution in [0.1, 0.15) is 22.0 Å². The van der Waals surface area contributed by atoms with E-state index >= 15 is 0 Å². The predicted octanol–water partition coefficient (Wildman–Crippen LogP) is 1.77. The Morgan fingerprint density at radius 1 is 1.39 bits per heavy atom. The SMILES string of the molecule is CN1c2c(C(=O)O)cnn2CC1c1ccccc1. The number of aromatic nitrogens is 2. The molecule has 0 aliphatic carbocycles. The first-order valence-corrected chi connectivity index (χ1v) is 5.75. The highest BCUT2D eigenvalue weighted by atomic mass is 16.4. The van der Waals surface area contributed by atoms with Crippen LogP contribution in [-0.2, 0) is 6.54 Å². The first-order valence-electron chi connectivity index (χ1n) is 5.75. The van der Waals surface area contributed by atoms with Crippen molar-refractivity contribution in [2.75, 3.05) is 11.9 Å². The number of aromatic carboxylic acids is 1. The Bertz CT molecular complexity index is 592. The molecule has 1 aliphatic rings. The van der Waals surface area contributed by atoms with Crippen molar-refractivity contribution in [2.45, 2.75) is 12.6 Å². The molecule has 2 heterocycles. The van der Waals surface area contributed by atoms with Gasteiger partial charge in [0.2, 0.25) is 0 Å². The lowest BCUT2D eigenvalue weighted by molar-refractivity contribution is 0.0697. The predicted molar refractivity (Wildman–Crippen MR) is 66.8 cm³/mol. The van der Waals surface area contributed by atoms with Crippen LogP contribution in [0.2, 0.25) is 0 Å². The summed E-state index contributed by atoms with van der Waals surface area (Å²) in [5, 5.41) is 13.3. The number of nitrogens with zero attached hydrogens (tertiary/aromatic N) is 3. The van der Waals surface area contributed by atoms with E-state index in [4.69, 9.17) is 5.11 Å². The van der Waals surface area contributed by atoms with Crippen LogP contribution in [0.25, 0.3) is 0 Å². The summed E-state index contributed by atoms with van der Waals surface area (Å²) in [6.07, 6.45) is 1.41. The highest BCUT2D eigenvalue weighted by molar-refractivity contribution is 5.93. The summed E-state index contributed by atoms with van der Waals surface area (Å²) < 4.78 is 1.75. The van der Waals surface area contributed by atoms with Gasteiger partial charge in [-0.25, -0.2) is 9.48 Å². The lowest BCUT2D eigenvalue weighted by Gasteiger charge is -2.21. The van der Waals surface area contributed by atoms with E-state index in [9.17, 15) is 4.79 Å². The number of benzene rings is 1. The van der Waals surface area contributed by atoms with E-state index in [1.54, 1.807) is 4.68 Å². The molecule has 0 saturated heterocycles. The molecule has 1 unspecified atom stereocenters. The molecule has 1 N–H and O–H groups in total. The molecule has 0 bridgehead atoms. The molecule has 5 heteroatoms. The zero-order valence-electron chi connectivity index (χ0n) is 9.95. The third-order valence-electron chi connectivity index (χ3n) is 3.37. The summed E-state index contributed by atoms with van der Waals surface area (Å²) in [6, 6.07) is 10.2. The van der Waals surface area contributed by atoms with Gasteiger partial charge >= 0.3 is 5.97 Å². The van der Waals surface area contributed by atoms with Crippen LogP contribution in [0.5, 0.6) is 0 Å². The standard InChI is InChI=1S/C13H13N3O2/c1-15-11(9-5-3-2-4-6-9)8-16-12(15)10(7-14-16)13(17)18/h2-7,11H,8H2,1H3,(H,17,18). The van der Waals surface area contributed by atoms with Crippen molar-refractivity contribution in [2.24, 2.45) is 0 Å². The number of hydrogen-bond acceptors (Lipinski definition) is 3. The minimum absolute atomic E-state index is 0.146. The number of anilines is 1. The van der Waals surface area contributed by atoms with E-state index in [0.717, 1.165) is 0 Å². The topological polar surface area (TPSA) is 58.4 Å². The largest absolute Gasteiger partial charge is 0.477 e. The summed E-state index contributed by atoms with van der Waals surface area (Å²) in [6.45, 7) is 0.684. The molecule has 3 rings (SSSR count). The molecular formula is C13H13N3O2. The molecule has 2 aromatic rings. The highest BCUT2D eigenvalue weighted by Gasteiger charge is 2.32. The lowest BCUT2D eigenvalue weighted by atomic mass is 10.1. The molecule has 1 atom stereocenters. The Balaban J connectivity index is 2.00. The molecule has 1 aromatic carbocycles. The average molecular weight is 243 g/mol. The smallest absolute Gasteiger partial charge is 0.341 e. The molecule has 5 nitrogen and oxygen atoms in total. The van der Waals surface area contributed by atoms with E-state index in [-0.39, 0.29) is 11.6 Å². The number of hydrogen-bond donors (Lipinski definition) is 1. The van der Waals surface area contributed by atoms with Gasteiger partial charge in [-0.05, 0) is 5.56 Å². The molecule has 92 valence electrons. The van der Waals surface area contributed by atoms with Crippen LogP contribution >= 0.6 is 0 Å². The zero-order chi connectivity index (χ0) is 12.7. The number of rotatable bonds is 2. The summed E-state index contributed by atoms with van der Waals surface area (Å²) in [5.41, 5.74) is 1.43. The summed E-state index contributed by atoms with van der Waals surface area (Å²) in [4.78, 5) is 13.1. The first-order chi connectivity index (χ1) is 8.68. The van der Waals surface area contributed by atoms with Gasteiger partial charge in [-0.3, -0.25) is 0 Å². The summed E-state index contributed by atoms with van der Waals surface area (Å²) in [5.74, 6) is -0.256. The number of carbonyl (C=O) groups is 1. The van der Waals surface area contributed by atoms with Gasteiger partial charge < -0.3 is 10.0 Å². The Morgan fingerprint density at radius 3 is 2.78 bits per heavy atom. The van der Waals surface area contributed by atoms with Gasteiger partial charge in [-0.2, -0.15) is 5.10 Å². The Kier molecular flexibility index (Phi) is 2.33. The molecule has 0 amide bonds. The second-order valence-corrected chi connectivity index (χ2v) is 4.41. The van der Waals surface area contributed by atoms with Crippen molar-refractivity contribution in [3.05, 3.63) is 47.7 Å². The van der Waals surface area contributed by atoms with Crippen molar-refractivity contribution < 1.29 is 9.90 Å². The van der Waals surface area contributed by atoms with Crippen LogP contribution in [0.15, 0.2) is 36.5 Å². The average Bonchev–Trinajstić information content (AvgIpc) is 2.91. The Hall–Kier alpha value is -2.30. The maximum Gasteiger partial charge on any atom is 0.341 e. The maximum absolute atomic E-state index is 11.1. The number of carboxylic acids is 1. The number of carboxylic acid groups (broad SMARTS) is 1. The molecule has 18 heavy (non-hydrogen) atoms. The van der Waals surface area contributed by atoms with Gasteiger partial charge in [0.05, 0.1) is 18.8 Å². The van der Waals surface area contributed by atoms with Gasteiger partial charge in [-0.1, -0.05) is 30.3 Å². The van der Waals surface area contributed by atoms with Crippen LogP contribution in [0.3, 0.4) is 0 Å². The minimum atomic E-state index is -0.934. The van der Waals surface area contributed by atoms with E-state index < -0.39 is 5.97 Å². The quantitative estimate of drug-likeness (QED) is 0.873. The minimum Gasteiger partial charge on any atom is -0.477 e. The molecule has 0 fully saturated rings. The molecule has 0 radical (unpaired) electrons. The van der Waals surface area contributed by atoms with E-state index in [2.05, 4.69) is 5.10 Å². The van der Waals surface area contributed by atoms with Crippen molar-refractivity contribution in [1.82, 2.24) is 9.78 Å². The van der Waals surface area contributed by atoms with Gasteiger partial charge in [0, 0.05) is 7.05 Å². The monoisotopic (exact) mass is 243 g/mol. The van der Waals surface area contributed by atoms with Crippen molar-refractivity contribution in [3.8, 4) is 0 Å². The summed E-state index contributed by atoms with van der Waals surface area (Å²) >= 11 is 0. The van der Waals surface area contributed by atoms with Crippen LogP contribution in [0, 0.1) is 0 Å². The molecule has 0 saturated carbocycles. The van der Waals surface area contributed by atoms with E-state index in [0.29, 0.717) is 12.4 Å².